The van der Waals surface area contributed by atoms with Crippen molar-refractivity contribution in [2.75, 3.05) is 26.2 Å². The summed E-state index contributed by atoms with van der Waals surface area (Å²) >= 11 is 1.16. The van der Waals surface area contributed by atoms with Crippen LogP contribution in [0.5, 0.6) is 0 Å². The van der Waals surface area contributed by atoms with E-state index in [-0.39, 0.29) is 11.8 Å². The quantitative estimate of drug-likeness (QED) is 0.804. The SMILES string of the molecule is CCc1nnsc1C(=O)N1CCCN(C(C)=O)CC1. The van der Waals surface area contributed by atoms with Crippen molar-refractivity contribution in [3.63, 3.8) is 0 Å². The molecule has 0 radical (unpaired) electrons. The predicted octanol–water partition coefficient (Wildman–Crippen LogP) is 0.795. The van der Waals surface area contributed by atoms with Crippen molar-refractivity contribution in [3.05, 3.63) is 10.6 Å². The zero-order chi connectivity index (χ0) is 13.8. The molecule has 0 aromatic carbocycles. The molecule has 1 aliphatic heterocycles. The summed E-state index contributed by atoms with van der Waals surface area (Å²) < 4.78 is 3.86. The minimum Gasteiger partial charge on any atom is -0.341 e. The van der Waals surface area contributed by atoms with Gasteiger partial charge in [0.05, 0.1) is 5.69 Å². The Morgan fingerprint density at radius 3 is 2.58 bits per heavy atom. The van der Waals surface area contributed by atoms with Gasteiger partial charge in [0, 0.05) is 33.1 Å². The Labute approximate surface area is 116 Å². The first-order chi connectivity index (χ1) is 9.13. The topological polar surface area (TPSA) is 66.4 Å². The first-order valence-electron chi connectivity index (χ1n) is 6.49. The van der Waals surface area contributed by atoms with Gasteiger partial charge >= 0.3 is 0 Å². The molecule has 0 bridgehead atoms. The molecule has 1 aromatic heterocycles. The monoisotopic (exact) mass is 282 g/mol. The first-order valence-corrected chi connectivity index (χ1v) is 7.26. The highest BCUT2D eigenvalue weighted by Gasteiger charge is 2.24. The zero-order valence-corrected chi connectivity index (χ0v) is 12.1. The summed E-state index contributed by atoms with van der Waals surface area (Å²) in [5.41, 5.74) is 0.766. The van der Waals surface area contributed by atoms with Crippen LogP contribution in [-0.4, -0.2) is 57.4 Å². The largest absolute Gasteiger partial charge is 0.341 e. The van der Waals surface area contributed by atoms with E-state index in [9.17, 15) is 9.59 Å². The molecule has 0 atom stereocenters. The van der Waals surface area contributed by atoms with E-state index in [1.165, 1.54) is 0 Å². The van der Waals surface area contributed by atoms with Crippen LogP contribution in [0.25, 0.3) is 0 Å². The second-order valence-corrected chi connectivity index (χ2v) is 5.31. The Balaban J connectivity index is 2.06. The van der Waals surface area contributed by atoms with Gasteiger partial charge in [-0.15, -0.1) is 5.10 Å². The summed E-state index contributed by atoms with van der Waals surface area (Å²) in [5, 5.41) is 3.97. The highest BCUT2D eigenvalue weighted by molar-refractivity contribution is 7.08. The van der Waals surface area contributed by atoms with Crippen LogP contribution >= 0.6 is 11.5 Å². The molecule has 0 N–H and O–H groups in total. The van der Waals surface area contributed by atoms with Gasteiger partial charge < -0.3 is 9.80 Å². The van der Waals surface area contributed by atoms with Gasteiger partial charge in [-0.05, 0) is 24.4 Å². The Bertz CT molecular complexity index is 474. The van der Waals surface area contributed by atoms with Crippen LogP contribution in [0.1, 0.15) is 35.6 Å². The lowest BCUT2D eigenvalue weighted by Crippen LogP contribution is -2.36. The molecule has 1 aliphatic rings. The normalized spacial score (nSPS) is 16.3. The summed E-state index contributed by atoms with van der Waals surface area (Å²) in [7, 11) is 0. The van der Waals surface area contributed by atoms with Crippen LogP contribution in [-0.2, 0) is 11.2 Å². The first kappa shape index (κ1) is 13.9. The number of carbonyl (C=O) groups excluding carboxylic acids is 2. The molecule has 0 saturated carbocycles. The second-order valence-electron chi connectivity index (χ2n) is 4.55. The van der Waals surface area contributed by atoms with Gasteiger partial charge in [0.2, 0.25) is 5.91 Å². The highest BCUT2D eigenvalue weighted by atomic mass is 32.1. The summed E-state index contributed by atoms with van der Waals surface area (Å²) in [6, 6.07) is 0. The van der Waals surface area contributed by atoms with E-state index in [4.69, 9.17) is 0 Å². The van der Waals surface area contributed by atoms with E-state index in [0.29, 0.717) is 30.9 Å². The number of hydrogen-bond acceptors (Lipinski definition) is 5. The number of amides is 2. The highest BCUT2D eigenvalue weighted by Crippen LogP contribution is 2.16. The lowest BCUT2D eigenvalue weighted by atomic mass is 10.2. The van der Waals surface area contributed by atoms with E-state index in [0.717, 1.165) is 30.2 Å². The summed E-state index contributed by atoms with van der Waals surface area (Å²) in [4.78, 5) is 28.0. The molecule has 2 amide bonds. The minimum atomic E-state index is -0.00254. The lowest BCUT2D eigenvalue weighted by molar-refractivity contribution is -0.128. The third kappa shape index (κ3) is 3.09. The van der Waals surface area contributed by atoms with E-state index in [1.807, 2.05) is 6.92 Å². The van der Waals surface area contributed by atoms with Crippen LogP contribution in [0.4, 0.5) is 0 Å². The maximum atomic E-state index is 12.4. The van der Waals surface area contributed by atoms with E-state index in [1.54, 1.807) is 16.7 Å². The molecular formula is C12H18N4O2S. The second kappa shape index (κ2) is 6.10. The predicted molar refractivity (Wildman–Crippen MR) is 72.1 cm³/mol. The fourth-order valence-corrected chi connectivity index (χ4v) is 2.90. The third-order valence-corrected chi connectivity index (χ3v) is 4.07. The van der Waals surface area contributed by atoms with Crippen molar-refractivity contribution >= 4 is 23.3 Å². The molecular weight excluding hydrogens is 264 g/mol. The van der Waals surface area contributed by atoms with Crippen molar-refractivity contribution in [1.82, 2.24) is 19.4 Å². The van der Waals surface area contributed by atoms with Crippen molar-refractivity contribution in [2.24, 2.45) is 0 Å². The summed E-state index contributed by atoms with van der Waals surface area (Å²) in [5.74, 6) is 0.0697. The van der Waals surface area contributed by atoms with E-state index in [2.05, 4.69) is 9.59 Å². The molecule has 2 heterocycles. The molecule has 0 aliphatic carbocycles. The Hall–Kier alpha value is -1.50. The van der Waals surface area contributed by atoms with Gasteiger partial charge in [-0.3, -0.25) is 9.59 Å². The van der Waals surface area contributed by atoms with Gasteiger partial charge in [-0.2, -0.15) is 0 Å². The Morgan fingerprint density at radius 2 is 1.89 bits per heavy atom. The molecule has 2 rings (SSSR count). The van der Waals surface area contributed by atoms with E-state index < -0.39 is 0 Å². The van der Waals surface area contributed by atoms with Crippen molar-refractivity contribution in [1.29, 1.82) is 0 Å². The average molecular weight is 282 g/mol. The minimum absolute atomic E-state index is 0.00254. The number of carbonyl (C=O) groups is 2. The number of aromatic nitrogens is 2. The molecule has 7 heteroatoms. The lowest BCUT2D eigenvalue weighted by Gasteiger charge is -2.20. The molecule has 0 spiro atoms. The van der Waals surface area contributed by atoms with Gasteiger partial charge in [0.1, 0.15) is 4.88 Å². The van der Waals surface area contributed by atoms with Crippen LogP contribution in [0.15, 0.2) is 0 Å². The fourth-order valence-electron chi connectivity index (χ4n) is 2.18. The molecule has 104 valence electrons. The maximum Gasteiger partial charge on any atom is 0.267 e. The van der Waals surface area contributed by atoms with Crippen molar-refractivity contribution in [2.45, 2.75) is 26.7 Å². The molecule has 6 nitrogen and oxygen atoms in total. The van der Waals surface area contributed by atoms with Crippen LogP contribution in [0.2, 0.25) is 0 Å². The number of aryl methyl sites for hydroxylation is 1. The van der Waals surface area contributed by atoms with Gasteiger partial charge in [0.15, 0.2) is 0 Å². The molecule has 1 aromatic rings. The number of nitrogens with zero attached hydrogens (tertiary/aromatic N) is 4. The zero-order valence-electron chi connectivity index (χ0n) is 11.3. The van der Waals surface area contributed by atoms with Crippen LogP contribution in [0, 0.1) is 0 Å². The molecule has 1 fully saturated rings. The van der Waals surface area contributed by atoms with Gasteiger partial charge in [0.25, 0.3) is 5.91 Å². The molecule has 19 heavy (non-hydrogen) atoms. The van der Waals surface area contributed by atoms with E-state index >= 15 is 0 Å². The summed E-state index contributed by atoms with van der Waals surface area (Å²) in [6.07, 6.45) is 1.53. The molecule has 0 unspecified atom stereocenters. The average Bonchev–Trinajstić information content (AvgIpc) is 2.73. The Morgan fingerprint density at radius 1 is 1.21 bits per heavy atom. The third-order valence-electron chi connectivity index (χ3n) is 3.31. The number of rotatable bonds is 2. The standard InChI is InChI=1S/C12H18N4O2S/c1-3-10-11(19-14-13-10)12(18)16-6-4-5-15(7-8-16)9(2)17/h3-8H2,1-2H3. The van der Waals surface area contributed by atoms with Crippen LogP contribution < -0.4 is 0 Å². The summed E-state index contributed by atoms with van der Waals surface area (Å²) in [6.45, 7) is 6.13. The van der Waals surface area contributed by atoms with Gasteiger partial charge in [-0.25, -0.2) is 0 Å². The smallest absolute Gasteiger partial charge is 0.267 e. The Kier molecular flexibility index (Phi) is 4.47. The fraction of sp³-hybridized carbons (Fsp3) is 0.667. The van der Waals surface area contributed by atoms with Crippen molar-refractivity contribution in [3.8, 4) is 0 Å². The maximum absolute atomic E-state index is 12.4. The van der Waals surface area contributed by atoms with Gasteiger partial charge in [-0.1, -0.05) is 11.4 Å². The molecule has 1 saturated heterocycles. The van der Waals surface area contributed by atoms with Crippen molar-refractivity contribution < 1.29 is 9.59 Å². The van der Waals surface area contributed by atoms with Crippen LogP contribution in [0.3, 0.4) is 0 Å². The number of hydrogen-bond donors (Lipinski definition) is 0.